The van der Waals surface area contributed by atoms with Crippen LogP contribution in [0, 0.1) is 5.92 Å². The molecule has 0 bridgehead atoms. The minimum absolute atomic E-state index is 0.640. The number of hydrogen-bond donors (Lipinski definition) is 0. The van der Waals surface area contributed by atoms with Crippen molar-refractivity contribution in [2.45, 2.75) is 12.3 Å². The third-order valence-corrected chi connectivity index (χ3v) is 4.06. The average Bonchev–Trinajstić information content (AvgIpc) is 2.88. The summed E-state index contributed by atoms with van der Waals surface area (Å²) in [5, 5.41) is 2.39. The Kier molecular flexibility index (Phi) is 2.87. The van der Waals surface area contributed by atoms with E-state index >= 15 is 0 Å². The van der Waals surface area contributed by atoms with Crippen molar-refractivity contribution in [1.82, 2.24) is 0 Å². The summed E-state index contributed by atoms with van der Waals surface area (Å²) >= 11 is 15.3. The van der Waals surface area contributed by atoms with Crippen molar-refractivity contribution in [3.8, 4) is 0 Å². The molecular formula is C10H9BrCl2. The fourth-order valence-corrected chi connectivity index (χ4v) is 2.59. The first-order chi connectivity index (χ1) is 6.22. The van der Waals surface area contributed by atoms with Crippen molar-refractivity contribution in [2.24, 2.45) is 5.92 Å². The Bertz CT molecular complexity index is 325. The Balaban J connectivity index is 2.19. The topological polar surface area (TPSA) is 0 Å². The largest absolute Gasteiger partial charge is 0.0925 e. The molecule has 1 aromatic carbocycles. The molecule has 13 heavy (non-hydrogen) atoms. The molecule has 70 valence electrons. The first-order valence-corrected chi connectivity index (χ1v) is 6.11. The SMILES string of the molecule is Clc1ccc(C2CC2CBr)cc1Cl. The van der Waals surface area contributed by atoms with Gasteiger partial charge in [-0.25, -0.2) is 0 Å². The van der Waals surface area contributed by atoms with Gasteiger partial charge in [0.25, 0.3) is 0 Å². The van der Waals surface area contributed by atoms with E-state index in [0.29, 0.717) is 16.0 Å². The third-order valence-electron chi connectivity index (χ3n) is 2.49. The number of alkyl halides is 1. The van der Waals surface area contributed by atoms with E-state index in [1.165, 1.54) is 12.0 Å². The standard InChI is InChI=1S/C10H9BrCl2/c11-5-7-3-8(7)6-1-2-9(12)10(13)4-6/h1-2,4,7-8H,3,5H2. The van der Waals surface area contributed by atoms with E-state index in [4.69, 9.17) is 23.2 Å². The molecule has 1 fully saturated rings. The molecule has 2 rings (SSSR count). The van der Waals surface area contributed by atoms with Crippen molar-refractivity contribution in [3.63, 3.8) is 0 Å². The Labute approximate surface area is 96.4 Å². The second-order valence-electron chi connectivity index (χ2n) is 3.43. The molecule has 2 unspecified atom stereocenters. The highest BCUT2D eigenvalue weighted by atomic mass is 79.9. The summed E-state index contributed by atoms with van der Waals surface area (Å²) in [5.74, 6) is 1.48. The van der Waals surface area contributed by atoms with Gasteiger partial charge in [0.05, 0.1) is 10.0 Å². The predicted octanol–water partition coefficient (Wildman–Crippen LogP) is 4.49. The van der Waals surface area contributed by atoms with Crippen LogP contribution < -0.4 is 0 Å². The smallest absolute Gasteiger partial charge is 0.0595 e. The van der Waals surface area contributed by atoms with E-state index < -0.39 is 0 Å². The van der Waals surface area contributed by atoms with Gasteiger partial charge in [0.1, 0.15) is 0 Å². The van der Waals surface area contributed by atoms with Crippen molar-refractivity contribution in [1.29, 1.82) is 0 Å². The lowest BCUT2D eigenvalue weighted by atomic mass is 10.1. The molecule has 0 heterocycles. The number of benzene rings is 1. The molecule has 1 aliphatic rings. The van der Waals surface area contributed by atoms with Gasteiger partial charge in [-0.3, -0.25) is 0 Å². The second kappa shape index (κ2) is 3.80. The minimum atomic E-state index is 0.640. The van der Waals surface area contributed by atoms with Crippen LogP contribution in [0.4, 0.5) is 0 Å². The molecule has 0 aliphatic heterocycles. The first-order valence-electron chi connectivity index (χ1n) is 4.23. The maximum Gasteiger partial charge on any atom is 0.0595 e. The zero-order valence-electron chi connectivity index (χ0n) is 6.93. The third kappa shape index (κ3) is 2.03. The van der Waals surface area contributed by atoms with E-state index in [1.54, 1.807) is 0 Å². The van der Waals surface area contributed by atoms with Gasteiger partial charge in [-0.2, -0.15) is 0 Å². The van der Waals surface area contributed by atoms with Gasteiger partial charge in [-0.1, -0.05) is 45.2 Å². The van der Waals surface area contributed by atoms with Gasteiger partial charge in [0.15, 0.2) is 0 Å². The minimum Gasteiger partial charge on any atom is -0.0925 e. The first kappa shape index (κ1) is 9.82. The summed E-state index contributed by atoms with van der Waals surface area (Å²) in [7, 11) is 0. The number of halogens is 3. The highest BCUT2D eigenvalue weighted by molar-refractivity contribution is 9.09. The summed E-state index contributed by atoms with van der Waals surface area (Å²) in [5.41, 5.74) is 1.32. The second-order valence-corrected chi connectivity index (χ2v) is 4.89. The summed E-state index contributed by atoms with van der Waals surface area (Å²) in [6.07, 6.45) is 1.27. The summed E-state index contributed by atoms with van der Waals surface area (Å²) in [6, 6.07) is 5.93. The molecule has 0 saturated heterocycles. The van der Waals surface area contributed by atoms with Crippen LogP contribution in [0.2, 0.25) is 10.0 Å². The molecule has 1 saturated carbocycles. The highest BCUT2D eigenvalue weighted by Gasteiger charge is 2.37. The Morgan fingerprint density at radius 1 is 1.31 bits per heavy atom. The van der Waals surface area contributed by atoms with Crippen molar-refractivity contribution < 1.29 is 0 Å². The molecule has 0 nitrogen and oxygen atoms in total. The monoisotopic (exact) mass is 278 g/mol. The fourth-order valence-electron chi connectivity index (χ4n) is 1.57. The van der Waals surface area contributed by atoms with Gasteiger partial charge in [-0.05, 0) is 36.0 Å². The number of hydrogen-bond acceptors (Lipinski definition) is 0. The summed E-state index contributed by atoms with van der Waals surface area (Å²) in [4.78, 5) is 0. The van der Waals surface area contributed by atoms with Gasteiger partial charge in [0.2, 0.25) is 0 Å². The molecule has 1 aliphatic carbocycles. The van der Waals surface area contributed by atoms with Crippen LogP contribution in [0.25, 0.3) is 0 Å². The lowest BCUT2D eigenvalue weighted by Gasteiger charge is -2.01. The molecule has 1 aromatic rings. The van der Waals surface area contributed by atoms with Crippen molar-refractivity contribution in [3.05, 3.63) is 33.8 Å². The molecule has 0 spiro atoms. The maximum atomic E-state index is 5.93. The predicted molar refractivity (Wildman–Crippen MR) is 61.1 cm³/mol. The van der Waals surface area contributed by atoms with Gasteiger partial charge in [0, 0.05) is 5.33 Å². The van der Waals surface area contributed by atoms with E-state index in [1.807, 2.05) is 12.1 Å². The van der Waals surface area contributed by atoms with Gasteiger partial charge in [-0.15, -0.1) is 0 Å². The summed E-state index contributed by atoms with van der Waals surface area (Å²) in [6.45, 7) is 0. The molecular weight excluding hydrogens is 271 g/mol. The normalized spacial score (nSPS) is 26.1. The van der Waals surface area contributed by atoms with Crippen LogP contribution in [0.1, 0.15) is 17.9 Å². The van der Waals surface area contributed by atoms with Gasteiger partial charge >= 0.3 is 0 Å². The summed E-state index contributed by atoms with van der Waals surface area (Å²) < 4.78 is 0. The van der Waals surface area contributed by atoms with Crippen molar-refractivity contribution >= 4 is 39.1 Å². The van der Waals surface area contributed by atoms with Crippen LogP contribution in [0.5, 0.6) is 0 Å². The zero-order chi connectivity index (χ0) is 9.42. The van der Waals surface area contributed by atoms with Crippen LogP contribution in [0.3, 0.4) is 0 Å². The van der Waals surface area contributed by atoms with Crippen LogP contribution >= 0.6 is 39.1 Å². The Morgan fingerprint density at radius 3 is 2.62 bits per heavy atom. The van der Waals surface area contributed by atoms with Crippen LogP contribution in [-0.2, 0) is 0 Å². The highest BCUT2D eigenvalue weighted by Crippen LogP contribution is 2.49. The number of rotatable bonds is 2. The van der Waals surface area contributed by atoms with Crippen LogP contribution in [0.15, 0.2) is 18.2 Å². The quantitative estimate of drug-likeness (QED) is 0.700. The maximum absolute atomic E-state index is 5.93. The van der Waals surface area contributed by atoms with E-state index in [2.05, 4.69) is 22.0 Å². The average molecular weight is 280 g/mol. The molecule has 0 amide bonds. The fraction of sp³-hybridized carbons (Fsp3) is 0.400. The lowest BCUT2D eigenvalue weighted by Crippen LogP contribution is -1.84. The Morgan fingerprint density at radius 2 is 2.08 bits per heavy atom. The molecule has 0 N–H and O–H groups in total. The molecule has 2 atom stereocenters. The van der Waals surface area contributed by atoms with E-state index in [9.17, 15) is 0 Å². The van der Waals surface area contributed by atoms with Crippen molar-refractivity contribution in [2.75, 3.05) is 5.33 Å². The molecule has 3 heteroatoms. The van der Waals surface area contributed by atoms with Gasteiger partial charge < -0.3 is 0 Å². The van der Waals surface area contributed by atoms with Crippen LogP contribution in [-0.4, -0.2) is 5.33 Å². The zero-order valence-corrected chi connectivity index (χ0v) is 10.0. The Hall–Kier alpha value is 0.280. The van der Waals surface area contributed by atoms with E-state index in [-0.39, 0.29) is 0 Å². The molecule has 0 radical (unpaired) electrons. The molecule has 0 aromatic heterocycles. The lowest BCUT2D eigenvalue weighted by molar-refractivity contribution is 0.937. The van der Waals surface area contributed by atoms with E-state index in [0.717, 1.165) is 11.2 Å².